The number of hydrogen-bond acceptors (Lipinski definition) is 7. The van der Waals surface area contributed by atoms with Crippen molar-refractivity contribution in [2.24, 2.45) is 0 Å². The number of anilines is 1. The van der Waals surface area contributed by atoms with Crippen LogP contribution in [-0.4, -0.2) is 55.4 Å². The van der Waals surface area contributed by atoms with E-state index in [1.54, 1.807) is 4.72 Å². The fourth-order valence-electron chi connectivity index (χ4n) is 2.70. The van der Waals surface area contributed by atoms with E-state index < -0.39 is 30.4 Å². The Morgan fingerprint density at radius 1 is 1.08 bits per heavy atom. The summed E-state index contributed by atoms with van der Waals surface area (Å²) in [6.07, 6.45) is -1.43. The Hall–Kier alpha value is -1.23. The highest BCUT2D eigenvalue weighted by Gasteiger charge is 2.54. The van der Waals surface area contributed by atoms with Crippen molar-refractivity contribution in [1.29, 1.82) is 0 Å². The van der Waals surface area contributed by atoms with Crippen molar-refractivity contribution in [3.63, 3.8) is 0 Å². The molecule has 4 rings (SSSR count). The average Bonchev–Trinajstić information content (AvgIpc) is 3.40. The summed E-state index contributed by atoms with van der Waals surface area (Å²) >= 11 is 0. The summed E-state index contributed by atoms with van der Waals surface area (Å²) in [7, 11) is -1.38. The Kier molecular flexibility index (Phi) is 3.88. The molecule has 0 unspecified atom stereocenters. The van der Waals surface area contributed by atoms with Crippen LogP contribution in [-0.2, 0) is 18.6 Å². The quantitative estimate of drug-likeness (QED) is 0.570. The van der Waals surface area contributed by atoms with E-state index in [2.05, 4.69) is 9.97 Å². The summed E-state index contributed by atoms with van der Waals surface area (Å²) in [5, 5.41) is 0. The van der Waals surface area contributed by atoms with Crippen LogP contribution >= 0.6 is 0 Å². The van der Waals surface area contributed by atoms with E-state index in [9.17, 15) is 8.78 Å². The highest BCUT2D eigenvalue weighted by Crippen LogP contribution is 2.37. The molecular weight excluding hydrogens is 333 g/mol. The van der Waals surface area contributed by atoms with Gasteiger partial charge >= 0.3 is 21.2 Å². The van der Waals surface area contributed by atoms with Crippen LogP contribution in [0.15, 0.2) is 6.20 Å². The van der Waals surface area contributed by atoms with Crippen LogP contribution in [0.25, 0.3) is 0 Å². The van der Waals surface area contributed by atoms with E-state index in [4.69, 9.17) is 18.6 Å². The van der Waals surface area contributed by atoms with Gasteiger partial charge in [0.1, 0.15) is 5.69 Å². The molecule has 25 heavy (non-hydrogen) atoms. The minimum atomic E-state index is -2.78. The second kappa shape index (κ2) is 5.64. The average molecular weight is 351 g/mol. The minimum Gasteiger partial charge on any atom is -0.418 e. The lowest BCUT2D eigenvalue weighted by atomic mass is 9.77. The fraction of sp³-hybridized carbons (Fsp3) is 0.692. The molecule has 1 aromatic heterocycles. The van der Waals surface area contributed by atoms with Gasteiger partial charge in [0.05, 0.1) is 24.2 Å². The zero-order valence-corrected chi connectivity index (χ0v) is 14.5. The topological polar surface area (TPSA) is 72.5 Å². The van der Waals surface area contributed by atoms with Crippen LogP contribution < -0.4 is 10.2 Å². The molecule has 132 valence electrons. The smallest absolute Gasteiger partial charge is 0.418 e. The second-order valence-corrected chi connectivity index (χ2v) is 7.38. The van der Waals surface area contributed by atoms with Gasteiger partial charge in [-0.25, -0.2) is 18.7 Å². The molecule has 0 radical (unpaired) electrons. The maximum atomic E-state index is 13.7. The highest BCUT2D eigenvalue weighted by molar-refractivity contribution is 6.84. The summed E-state index contributed by atoms with van der Waals surface area (Å²) in [6, 6.07) is 0. The number of aromatic nitrogens is 2. The lowest BCUT2D eigenvalue weighted by Crippen LogP contribution is -2.42. The Balaban J connectivity index is 1.67. The van der Waals surface area contributed by atoms with Crippen molar-refractivity contribution in [1.82, 2.24) is 9.97 Å². The number of alkyl halides is 2. The van der Waals surface area contributed by atoms with Crippen molar-refractivity contribution in [3.05, 3.63) is 11.9 Å². The van der Waals surface area contributed by atoms with Crippen LogP contribution in [0, 0.1) is 0 Å². The van der Waals surface area contributed by atoms with Gasteiger partial charge in [0.25, 0.3) is 6.43 Å². The molecule has 0 aromatic carbocycles. The van der Waals surface area contributed by atoms with E-state index in [0.29, 0.717) is 13.0 Å². The third-order valence-electron chi connectivity index (χ3n) is 5.03. The molecule has 4 heterocycles. The lowest BCUT2D eigenvalue weighted by Gasteiger charge is -2.32. The molecule has 1 aromatic rings. The van der Waals surface area contributed by atoms with Gasteiger partial charge in [-0.15, -0.1) is 0 Å². The maximum Gasteiger partial charge on any atom is 0.498 e. The Morgan fingerprint density at radius 2 is 1.60 bits per heavy atom. The Morgan fingerprint density at radius 3 is 2.04 bits per heavy atom. The highest BCUT2D eigenvalue weighted by atomic mass is 19.3. The Labute approximate surface area is 145 Å². The first-order valence-corrected chi connectivity index (χ1v) is 8.22. The van der Waals surface area contributed by atoms with Gasteiger partial charge < -0.3 is 23.3 Å². The first kappa shape index (κ1) is 17.2. The number of rotatable bonds is 5. The number of halogens is 2. The maximum absolute atomic E-state index is 13.7. The van der Waals surface area contributed by atoms with Gasteiger partial charge in [-0.3, -0.25) is 0 Å². The summed E-state index contributed by atoms with van der Waals surface area (Å²) in [5.74, 6) is 0.167. The van der Waals surface area contributed by atoms with Crippen molar-refractivity contribution >= 4 is 32.6 Å². The summed E-state index contributed by atoms with van der Waals surface area (Å²) in [6.45, 7) is 8.46. The van der Waals surface area contributed by atoms with Crippen molar-refractivity contribution in [2.75, 3.05) is 17.7 Å². The van der Waals surface area contributed by atoms with Gasteiger partial charge in [0.2, 0.25) is 5.95 Å². The van der Waals surface area contributed by atoms with Crippen LogP contribution in [0.2, 0.25) is 0 Å². The summed E-state index contributed by atoms with van der Waals surface area (Å²) in [4.78, 5) is 8.33. The molecule has 3 fully saturated rings. The summed E-state index contributed by atoms with van der Waals surface area (Å²) < 4.78 is 51.2. The van der Waals surface area contributed by atoms with Crippen molar-refractivity contribution < 1.29 is 27.4 Å². The third-order valence-corrected chi connectivity index (χ3v) is 5.03. The second-order valence-electron chi connectivity index (χ2n) is 7.38. The van der Waals surface area contributed by atoms with Crippen LogP contribution in [0.1, 0.15) is 39.8 Å². The largest absolute Gasteiger partial charge is 0.498 e. The van der Waals surface area contributed by atoms with E-state index in [1.807, 2.05) is 27.7 Å². The zero-order valence-electron chi connectivity index (χ0n) is 14.5. The van der Waals surface area contributed by atoms with Gasteiger partial charge in [0, 0.05) is 11.7 Å². The molecule has 3 aliphatic heterocycles. The van der Waals surface area contributed by atoms with Crippen LogP contribution in [0.5, 0.6) is 0 Å². The molecule has 0 saturated carbocycles. The first-order valence-electron chi connectivity index (χ1n) is 8.22. The third kappa shape index (κ3) is 3.05. The SMILES string of the molecule is CC1(C)OB(c2cnc(N(B3CO3)B3CO3)nc2C(F)F)OC1(C)C. The fourth-order valence-corrected chi connectivity index (χ4v) is 2.70. The molecule has 0 spiro atoms. The molecule has 0 bridgehead atoms. The zero-order chi connectivity index (χ0) is 18.0. The van der Waals surface area contributed by atoms with E-state index >= 15 is 0 Å². The first-order chi connectivity index (χ1) is 11.7. The molecule has 12 heteroatoms. The van der Waals surface area contributed by atoms with Gasteiger partial charge in [-0.05, 0) is 27.7 Å². The van der Waals surface area contributed by atoms with Gasteiger partial charge in [-0.2, -0.15) is 0 Å². The van der Waals surface area contributed by atoms with Gasteiger partial charge in [0.15, 0.2) is 0 Å². The van der Waals surface area contributed by atoms with E-state index in [1.165, 1.54) is 6.20 Å². The minimum absolute atomic E-state index is 0.144. The normalized spacial score (nSPS) is 23.4. The van der Waals surface area contributed by atoms with Crippen LogP contribution in [0.4, 0.5) is 14.7 Å². The van der Waals surface area contributed by atoms with Crippen molar-refractivity contribution in [2.45, 2.75) is 45.3 Å². The van der Waals surface area contributed by atoms with Crippen LogP contribution in [0.3, 0.4) is 0 Å². The molecule has 7 nitrogen and oxygen atoms in total. The van der Waals surface area contributed by atoms with Crippen molar-refractivity contribution in [3.8, 4) is 0 Å². The number of hydrogen-bond donors (Lipinski definition) is 0. The number of nitrogens with zero attached hydrogens (tertiary/aromatic N) is 3. The van der Waals surface area contributed by atoms with E-state index in [-0.39, 0.29) is 25.5 Å². The monoisotopic (exact) mass is 351 g/mol. The Bertz CT molecular complexity index is 660. The molecule has 3 aliphatic rings. The molecule has 0 amide bonds. The molecule has 0 aliphatic carbocycles. The predicted octanol–water partition coefficient (Wildman–Crippen LogP) is 0.635. The molecular formula is C13H18B3F2N3O4. The summed E-state index contributed by atoms with van der Waals surface area (Å²) in [5.41, 5.74) is -1.52. The van der Waals surface area contributed by atoms with Gasteiger partial charge in [-0.1, -0.05) is 0 Å². The standard InChI is InChI=1S/C13H18B3F2N3O4/c1-12(2)13(3,4)25-16(24-12)8-5-19-11(20-9(8)10(17)18)21(14-6-22-14)15-7-23-15/h5,10H,6-7H2,1-4H3. The predicted molar refractivity (Wildman–Crippen MR) is 88.6 cm³/mol. The molecule has 3 saturated heterocycles. The lowest BCUT2D eigenvalue weighted by molar-refractivity contribution is 0.00578. The molecule has 0 N–H and O–H groups in total. The van der Waals surface area contributed by atoms with E-state index in [0.717, 1.165) is 0 Å². The molecule has 0 atom stereocenters.